The fourth-order valence-corrected chi connectivity index (χ4v) is 1.76. The van der Waals surface area contributed by atoms with Crippen LogP contribution in [0.15, 0.2) is 18.2 Å². The van der Waals surface area contributed by atoms with Crippen LogP contribution in [0, 0.1) is 0 Å². The van der Waals surface area contributed by atoms with Crippen molar-refractivity contribution in [3.63, 3.8) is 0 Å². The van der Waals surface area contributed by atoms with Gasteiger partial charge in [0, 0.05) is 6.54 Å². The molecule has 0 spiro atoms. The maximum Gasteiger partial charge on any atom is 0.408 e. The molecule has 0 aliphatic rings. The second-order valence-corrected chi connectivity index (χ2v) is 6.20. The molecule has 2 N–H and O–H groups in total. The number of alkyl halides is 3. The van der Waals surface area contributed by atoms with Crippen LogP contribution >= 0.6 is 23.4 Å². The third-order valence-corrected chi connectivity index (χ3v) is 2.96. The van der Waals surface area contributed by atoms with Crippen molar-refractivity contribution in [1.82, 2.24) is 19.9 Å². The predicted octanol–water partition coefficient (Wildman–Crippen LogP) is 4.36. The largest absolute Gasteiger partial charge is 0.408 e. The molecular formula is C15H20ClF3N6S. The molecule has 0 saturated heterocycles. The molecule has 2 aromatic rings. The number of rotatable bonds is 5. The average molecular weight is 409 g/mol. The molecule has 6 nitrogen and oxygen atoms in total. The lowest BCUT2D eigenvalue weighted by molar-refractivity contribution is -0.138. The summed E-state index contributed by atoms with van der Waals surface area (Å²) in [6.07, 6.45) is -0.334. The van der Waals surface area contributed by atoms with E-state index in [1.165, 1.54) is 0 Å². The summed E-state index contributed by atoms with van der Waals surface area (Å²) in [6.45, 7) is 3.29. The van der Waals surface area contributed by atoms with Gasteiger partial charge in [-0.25, -0.2) is 4.98 Å². The van der Waals surface area contributed by atoms with Crippen LogP contribution in [0.5, 0.6) is 0 Å². The monoisotopic (exact) mass is 408 g/mol. The van der Waals surface area contributed by atoms with Gasteiger partial charge in [0.05, 0.1) is 0 Å². The molecule has 1 atom stereocenters. The zero-order chi connectivity index (χ0) is 19.7. The van der Waals surface area contributed by atoms with Crippen molar-refractivity contribution in [2.45, 2.75) is 26.1 Å². The minimum absolute atomic E-state index is 0.121. The minimum Gasteiger partial charge on any atom is -0.354 e. The Balaban J connectivity index is 0.00000105. The highest BCUT2D eigenvalue weighted by molar-refractivity contribution is 7.97. The highest BCUT2D eigenvalue weighted by atomic mass is 35.5. The van der Waals surface area contributed by atoms with E-state index in [1.807, 2.05) is 19.4 Å². The first kappa shape index (κ1) is 22.2. The van der Waals surface area contributed by atoms with Gasteiger partial charge in [0.2, 0.25) is 11.9 Å². The van der Waals surface area contributed by atoms with Gasteiger partial charge in [-0.1, -0.05) is 17.7 Å². The number of hydrogen-bond acceptors (Lipinski definition) is 7. The van der Waals surface area contributed by atoms with Crippen molar-refractivity contribution < 1.29 is 13.2 Å². The van der Waals surface area contributed by atoms with E-state index < -0.39 is 12.2 Å². The molecular weight excluding hydrogens is 389 g/mol. The van der Waals surface area contributed by atoms with Crippen molar-refractivity contribution in [3.8, 4) is 11.5 Å². The normalized spacial score (nSPS) is 12.0. The van der Waals surface area contributed by atoms with Gasteiger partial charge >= 0.3 is 6.18 Å². The van der Waals surface area contributed by atoms with Crippen molar-refractivity contribution in [1.29, 1.82) is 0 Å². The van der Waals surface area contributed by atoms with Gasteiger partial charge in [0.25, 0.3) is 0 Å². The maximum absolute atomic E-state index is 12.7. The second-order valence-electron chi connectivity index (χ2n) is 5.00. The smallest absolute Gasteiger partial charge is 0.354 e. The molecule has 0 fully saturated rings. The van der Waals surface area contributed by atoms with Crippen LogP contribution in [0.1, 0.15) is 13.8 Å². The fourth-order valence-electron chi connectivity index (χ4n) is 1.60. The van der Waals surface area contributed by atoms with E-state index in [-0.39, 0.29) is 22.9 Å². The highest BCUT2D eigenvalue weighted by Gasteiger charge is 2.36. The standard InChI is InChI=1S/C13H14ClF3N6.C2H6S/c1-3-18-11-21-10(8-5-4-6-9(14)20-8)22-12(23-11)19-7(2)13(15,16)17;1-3-2/h4-7H,3H2,1-2H3,(H2,18,19,21,22,23);1-2H3. The topological polar surface area (TPSA) is 75.6 Å². The van der Waals surface area contributed by atoms with Crippen LogP contribution in [0.4, 0.5) is 25.1 Å². The molecule has 2 rings (SSSR count). The van der Waals surface area contributed by atoms with Gasteiger partial charge in [-0.05, 0) is 38.5 Å². The van der Waals surface area contributed by atoms with E-state index in [4.69, 9.17) is 11.6 Å². The average Bonchev–Trinajstić information content (AvgIpc) is 2.55. The summed E-state index contributed by atoms with van der Waals surface area (Å²) in [4.78, 5) is 16.1. The van der Waals surface area contributed by atoms with E-state index >= 15 is 0 Å². The predicted molar refractivity (Wildman–Crippen MR) is 101 cm³/mol. The zero-order valence-electron chi connectivity index (χ0n) is 14.7. The first-order valence-corrected chi connectivity index (χ1v) is 9.58. The number of pyridine rings is 1. The lowest BCUT2D eigenvalue weighted by Crippen LogP contribution is -2.34. The Morgan fingerprint density at radius 3 is 2.27 bits per heavy atom. The maximum atomic E-state index is 12.7. The number of aromatic nitrogens is 4. The van der Waals surface area contributed by atoms with E-state index in [0.717, 1.165) is 6.92 Å². The van der Waals surface area contributed by atoms with Gasteiger partial charge in [0.15, 0.2) is 5.82 Å². The molecule has 2 aromatic heterocycles. The van der Waals surface area contributed by atoms with Crippen LogP contribution < -0.4 is 10.6 Å². The van der Waals surface area contributed by atoms with E-state index in [9.17, 15) is 13.2 Å². The molecule has 0 amide bonds. The number of anilines is 2. The Hall–Kier alpha value is -1.81. The van der Waals surface area contributed by atoms with Gasteiger partial charge in [-0.15, -0.1) is 0 Å². The summed E-state index contributed by atoms with van der Waals surface area (Å²) in [5.41, 5.74) is 0.335. The highest BCUT2D eigenvalue weighted by Crippen LogP contribution is 2.23. The SMILES string of the molecule is CCNc1nc(NC(C)C(F)(F)F)nc(-c2cccc(Cl)n2)n1.CSC. The Kier molecular flexibility index (Phi) is 8.86. The Labute approximate surface area is 159 Å². The molecule has 0 bridgehead atoms. The van der Waals surface area contributed by atoms with Gasteiger partial charge in [-0.3, -0.25) is 0 Å². The minimum atomic E-state index is -4.42. The Morgan fingerprint density at radius 1 is 1.12 bits per heavy atom. The first-order chi connectivity index (χ1) is 12.2. The lowest BCUT2D eigenvalue weighted by Gasteiger charge is -2.17. The van der Waals surface area contributed by atoms with Gasteiger partial charge in [-0.2, -0.15) is 39.9 Å². The summed E-state index contributed by atoms with van der Waals surface area (Å²) in [6, 6.07) is 3.02. The number of thioether (sulfide) groups is 1. The third kappa shape index (κ3) is 7.20. The van der Waals surface area contributed by atoms with E-state index in [1.54, 1.807) is 30.0 Å². The van der Waals surface area contributed by atoms with Crippen molar-refractivity contribution in [2.24, 2.45) is 0 Å². The van der Waals surface area contributed by atoms with Crippen molar-refractivity contribution in [2.75, 3.05) is 29.7 Å². The van der Waals surface area contributed by atoms with E-state index in [0.29, 0.717) is 12.2 Å². The third-order valence-electron chi connectivity index (χ3n) is 2.75. The van der Waals surface area contributed by atoms with Crippen molar-refractivity contribution in [3.05, 3.63) is 23.4 Å². The molecule has 0 radical (unpaired) electrons. The molecule has 0 saturated carbocycles. The summed E-state index contributed by atoms with van der Waals surface area (Å²) in [7, 11) is 0. The summed E-state index contributed by atoms with van der Waals surface area (Å²) < 4.78 is 38.0. The molecule has 0 aliphatic carbocycles. The van der Waals surface area contributed by atoms with Crippen LogP contribution in [0.3, 0.4) is 0 Å². The number of nitrogens with zero attached hydrogens (tertiary/aromatic N) is 4. The van der Waals surface area contributed by atoms with Crippen LogP contribution in [-0.2, 0) is 0 Å². The zero-order valence-corrected chi connectivity index (χ0v) is 16.3. The number of hydrogen-bond donors (Lipinski definition) is 2. The Morgan fingerprint density at radius 2 is 1.73 bits per heavy atom. The van der Waals surface area contributed by atoms with Gasteiger partial charge in [0.1, 0.15) is 16.9 Å². The molecule has 2 heterocycles. The van der Waals surface area contributed by atoms with Gasteiger partial charge < -0.3 is 10.6 Å². The van der Waals surface area contributed by atoms with Crippen LogP contribution in [-0.4, -0.2) is 51.2 Å². The second kappa shape index (κ2) is 10.4. The summed E-state index contributed by atoms with van der Waals surface area (Å²) >= 11 is 7.57. The molecule has 144 valence electrons. The molecule has 0 aliphatic heterocycles. The number of nitrogens with one attached hydrogen (secondary N) is 2. The number of halogens is 4. The molecule has 11 heteroatoms. The summed E-state index contributed by atoms with van der Waals surface area (Å²) in [5.74, 6) is 0.0732. The first-order valence-electron chi connectivity index (χ1n) is 7.57. The molecule has 0 aromatic carbocycles. The van der Waals surface area contributed by atoms with Crippen molar-refractivity contribution >= 4 is 35.3 Å². The lowest BCUT2D eigenvalue weighted by atomic mass is 10.3. The summed E-state index contributed by atoms with van der Waals surface area (Å²) in [5, 5.41) is 5.29. The van der Waals surface area contributed by atoms with E-state index in [2.05, 4.69) is 30.6 Å². The molecule has 26 heavy (non-hydrogen) atoms. The molecule has 1 unspecified atom stereocenters. The van der Waals surface area contributed by atoms with Crippen LogP contribution in [0.25, 0.3) is 11.5 Å². The van der Waals surface area contributed by atoms with Crippen LogP contribution in [0.2, 0.25) is 5.15 Å². The Bertz CT molecular complexity index is 701. The fraction of sp³-hybridized carbons (Fsp3) is 0.467. The quantitative estimate of drug-likeness (QED) is 0.712.